The van der Waals surface area contributed by atoms with E-state index in [1.54, 1.807) is 6.20 Å². The van der Waals surface area contributed by atoms with Gasteiger partial charge in [-0.2, -0.15) is 0 Å². The average molecular weight is 486 g/mol. The zero-order chi connectivity index (χ0) is 24.3. The largest absolute Gasteiger partial charge is 0.493 e. The van der Waals surface area contributed by atoms with Crippen LogP contribution in [0, 0.1) is 12.8 Å². The molecule has 0 spiro atoms. The summed E-state index contributed by atoms with van der Waals surface area (Å²) in [6, 6.07) is 9.34. The van der Waals surface area contributed by atoms with Crippen LogP contribution in [0.2, 0.25) is 0 Å². The number of nitrogens with two attached hydrogens (primary N) is 1. The van der Waals surface area contributed by atoms with Gasteiger partial charge in [-0.3, -0.25) is 9.19 Å². The van der Waals surface area contributed by atoms with Gasteiger partial charge < -0.3 is 19.9 Å². The molecule has 3 unspecified atom stereocenters. The number of hydrogen-bond acceptors (Lipinski definition) is 7. The minimum atomic E-state index is -1.39. The van der Waals surface area contributed by atoms with Crippen LogP contribution in [0.25, 0.3) is 0 Å². The quantitative estimate of drug-likeness (QED) is 0.626. The van der Waals surface area contributed by atoms with Crippen LogP contribution < -0.4 is 10.5 Å². The lowest BCUT2D eigenvalue weighted by atomic mass is 9.91. The molecule has 8 heteroatoms. The summed E-state index contributed by atoms with van der Waals surface area (Å²) in [7, 11) is -1.39. The second kappa shape index (κ2) is 10.6. The molecule has 0 aliphatic carbocycles. The lowest BCUT2D eigenvalue weighted by Crippen LogP contribution is -2.44. The fraction of sp³-hybridized carbons (Fsp3) is 0.538. The molecular formula is C26H35N3O4S. The number of hydrogen-bond donors (Lipinski definition) is 1. The van der Waals surface area contributed by atoms with Gasteiger partial charge in [-0.15, -0.1) is 0 Å². The van der Waals surface area contributed by atoms with Crippen molar-refractivity contribution in [2.24, 2.45) is 16.6 Å². The Labute approximate surface area is 204 Å². The van der Waals surface area contributed by atoms with Crippen molar-refractivity contribution in [3.63, 3.8) is 0 Å². The van der Waals surface area contributed by atoms with Crippen molar-refractivity contribution >= 4 is 21.5 Å². The summed E-state index contributed by atoms with van der Waals surface area (Å²) in [6.45, 7) is 9.87. The maximum Gasteiger partial charge on any atom is 0.167 e. The van der Waals surface area contributed by atoms with Crippen LogP contribution in [-0.4, -0.2) is 45.9 Å². The molecule has 2 aromatic rings. The number of aliphatic imine (C=N–C) groups is 1. The highest BCUT2D eigenvalue weighted by atomic mass is 32.2. The van der Waals surface area contributed by atoms with Gasteiger partial charge in [-0.1, -0.05) is 39.0 Å². The first kappa shape index (κ1) is 25.0. The minimum absolute atomic E-state index is 0.0513. The molecule has 3 atom stereocenters. The van der Waals surface area contributed by atoms with Gasteiger partial charge in [-0.25, -0.2) is 4.99 Å². The van der Waals surface area contributed by atoms with Crippen molar-refractivity contribution in [2.75, 3.05) is 19.8 Å². The van der Waals surface area contributed by atoms with Gasteiger partial charge in [0.1, 0.15) is 10.8 Å². The van der Waals surface area contributed by atoms with Gasteiger partial charge in [-0.05, 0) is 37.5 Å². The maximum atomic E-state index is 13.3. The van der Waals surface area contributed by atoms with Gasteiger partial charge in [0.15, 0.2) is 5.79 Å². The molecule has 184 valence electrons. The van der Waals surface area contributed by atoms with Crippen molar-refractivity contribution in [1.82, 2.24) is 4.98 Å². The number of nitrogens with zero attached hydrogens (tertiary/aromatic N) is 2. The third kappa shape index (κ3) is 5.10. The van der Waals surface area contributed by atoms with E-state index >= 15 is 0 Å². The Balaban J connectivity index is 1.42. The van der Waals surface area contributed by atoms with Crippen molar-refractivity contribution in [3.8, 4) is 5.75 Å². The van der Waals surface area contributed by atoms with Gasteiger partial charge in [0.2, 0.25) is 0 Å². The second-order valence-electron chi connectivity index (χ2n) is 9.11. The molecule has 2 aliphatic heterocycles. The molecule has 1 saturated heterocycles. The molecule has 1 aromatic heterocycles. The smallest absolute Gasteiger partial charge is 0.167 e. The first-order valence-electron chi connectivity index (χ1n) is 12.0. The molecule has 0 amide bonds. The van der Waals surface area contributed by atoms with Crippen LogP contribution in [0.5, 0.6) is 5.75 Å². The molecule has 2 aliphatic rings. The van der Waals surface area contributed by atoms with E-state index in [0.717, 1.165) is 41.1 Å². The molecule has 34 heavy (non-hydrogen) atoms. The molecule has 1 aromatic carbocycles. The van der Waals surface area contributed by atoms with E-state index in [0.29, 0.717) is 24.9 Å². The summed E-state index contributed by atoms with van der Waals surface area (Å²) < 4.78 is 31.4. The molecule has 4 rings (SSSR count). The number of ether oxygens (including phenoxy) is 3. The summed E-state index contributed by atoms with van der Waals surface area (Å²) in [5, 5.41) is 0.519. The molecule has 0 saturated carbocycles. The highest BCUT2D eigenvalue weighted by molar-refractivity contribution is 8.00. The topological polar surface area (TPSA) is 96.0 Å². The van der Waals surface area contributed by atoms with E-state index in [2.05, 4.69) is 30.7 Å². The fourth-order valence-electron chi connectivity index (χ4n) is 4.43. The lowest BCUT2D eigenvalue weighted by molar-refractivity contribution is -0.287. The molecule has 2 N–H and O–H groups in total. The SMILES string of the molecule is CCC1(CC)OCC(COc2ccnc(CS(=O)C3=Nc4ccccc4C(C)C3N)c2C)CO1. The first-order valence-corrected chi connectivity index (χ1v) is 13.4. The van der Waals surface area contributed by atoms with E-state index in [1.807, 2.05) is 37.3 Å². The van der Waals surface area contributed by atoms with Crippen LogP contribution in [-0.2, 0) is 26.0 Å². The Hall–Kier alpha value is -2.13. The highest BCUT2D eigenvalue weighted by Gasteiger charge is 2.35. The lowest BCUT2D eigenvalue weighted by Gasteiger charge is -2.39. The van der Waals surface area contributed by atoms with Crippen LogP contribution in [0.4, 0.5) is 5.69 Å². The Morgan fingerprint density at radius 2 is 1.88 bits per heavy atom. The zero-order valence-electron chi connectivity index (χ0n) is 20.5. The summed E-state index contributed by atoms with van der Waals surface area (Å²) in [5.41, 5.74) is 9.97. The number of fused-ring (bicyclic) bond motifs is 1. The van der Waals surface area contributed by atoms with Crippen LogP contribution in [0.3, 0.4) is 0 Å². The number of benzene rings is 1. The summed E-state index contributed by atoms with van der Waals surface area (Å²) >= 11 is 0. The van der Waals surface area contributed by atoms with Gasteiger partial charge in [0, 0.05) is 23.6 Å². The zero-order valence-corrected chi connectivity index (χ0v) is 21.3. The third-order valence-corrected chi connectivity index (χ3v) is 8.32. The predicted molar refractivity (Wildman–Crippen MR) is 135 cm³/mol. The maximum absolute atomic E-state index is 13.3. The standard InChI is InChI=1S/C26H35N3O4S/c1-5-26(6-2)32-14-19(15-33-26)13-31-23-11-12-28-22(18(23)4)16-34(30)25-24(27)17(3)20-9-7-8-10-21(20)29-25/h7-12,17,19,24H,5-6,13-16,27H2,1-4H3. The summed E-state index contributed by atoms with van der Waals surface area (Å²) in [5.74, 6) is 0.734. The van der Waals surface area contributed by atoms with E-state index in [4.69, 9.17) is 19.9 Å². The number of para-hydroxylation sites is 1. The first-order chi connectivity index (χ1) is 16.4. The minimum Gasteiger partial charge on any atom is -0.493 e. The molecule has 3 heterocycles. The van der Waals surface area contributed by atoms with E-state index in [9.17, 15) is 4.21 Å². The van der Waals surface area contributed by atoms with Crippen LogP contribution in [0.15, 0.2) is 41.5 Å². The molecular weight excluding hydrogens is 450 g/mol. The monoisotopic (exact) mass is 485 g/mol. The Morgan fingerprint density at radius 1 is 1.18 bits per heavy atom. The summed E-state index contributed by atoms with van der Waals surface area (Å²) in [4.78, 5) is 9.13. The van der Waals surface area contributed by atoms with E-state index < -0.39 is 16.6 Å². The highest BCUT2D eigenvalue weighted by Crippen LogP contribution is 2.35. The molecule has 0 radical (unpaired) electrons. The third-order valence-electron chi connectivity index (χ3n) is 6.96. The van der Waals surface area contributed by atoms with Crippen LogP contribution in [0.1, 0.15) is 56.4 Å². The van der Waals surface area contributed by atoms with Crippen molar-refractivity contribution in [2.45, 2.75) is 64.0 Å². The normalized spacial score (nSPS) is 23.1. The number of rotatable bonds is 7. The average Bonchev–Trinajstić information content (AvgIpc) is 2.87. The van der Waals surface area contributed by atoms with E-state index in [1.165, 1.54) is 0 Å². The van der Waals surface area contributed by atoms with Gasteiger partial charge in [0.05, 0.1) is 53.8 Å². The second-order valence-corrected chi connectivity index (χ2v) is 10.5. The van der Waals surface area contributed by atoms with Gasteiger partial charge >= 0.3 is 0 Å². The Bertz CT molecular complexity index is 1060. The Morgan fingerprint density at radius 3 is 2.59 bits per heavy atom. The molecule has 7 nitrogen and oxygen atoms in total. The molecule has 0 bridgehead atoms. The van der Waals surface area contributed by atoms with E-state index in [-0.39, 0.29) is 23.6 Å². The number of pyridine rings is 1. The molecule has 1 fully saturated rings. The van der Waals surface area contributed by atoms with Gasteiger partial charge in [0.25, 0.3) is 0 Å². The van der Waals surface area contributed by atoms with Crippen molar-refractivity contribution in [3.05, 3.63) is 53.3 Å². The fourth-order valence-corrected chi connectivity index (χ4v) is 5.82. The number of aromatic nitrogens is 1. The van der Waals surface area contributed by atoms with Crippen molar-refractivity contribution in [1.29, 1.82) is 0 Å². The summed E-state index contributed by atoms with van der Waals surface area (Å²) in [6.07, 6.45) is 3.36. The van der Waals surface area contributed by atoms with Crippen LogP contribution >= 0.6 is 0 Å². The Kier molecular flexibility index (Phi) is 7.82. The predicted octanol–water partition coefficient (Wildman–Crippen LogP) is 4.37. The van der Waals surface area contributed by atoms with Crippen molar-refractivity contribution < 1.29 is 18.4 Å².